The molecule has 1 heterocycles. The van der Waals surface area contributed by atoms with Gasteiger partial charge in [-0.1, -0.05) is 13.3 Å². The van der Waals surface area contributed by atoms with Crippen molar-refractivity contribution in [2.45, 2.75) is 45.4 Å². The molecule has 19 heavy (non-hydrogen) atoms. The lowest BCUT2D eigenvalue weighted by molar-refractivity contribution is -0.131. The Morgan fingerprint density at radius 2 is 2.05 bits per heavy atom. The van der Waals surface area contributed by atoms with Crippen molar-refractivity contribution in [1.29, 1.82) is 0 Å². The first kappa shape index (κ1) is 16.4. The molecule has 0 aliphatic carbocycles. The second kappa shape index (κ2) is 9.32. The molecule has 4 nitrogen and oxygen atoms in total. The number of rotatable bonds is 8. The van der Waals surface area contributed by atoms with Crippen LogP contribution in [0.25, 0.3) is 0 Å². The summed E-state index contributed by atoms with van der Waals surface area (Å²) in [5, 5.41) is 0. The molecule has 0 radical (unpaired) electrons. The van der Waals surface area contributed by atoms with Crippen molar-refractivity contribution in [2.75, 3.05) is 33.4 Å². The fourth-order valence-electron chi connectivity index (χ4n) is 2.72. The number of amides is 1. The molecule has 112 valence electrons. The number of carbonyl (C=O) groups is 1. The number of hydrogen-bond donors (Lipinski definition) is 1. The lowest BCUT2D eigenvalue weighted by atomic mass is 9.96. The van der Waals surface area contributed by atoms with Gasteiger partial charge in [0.15, 0.2) is 0 Å². The minimum Gasteiger partial charge on any atom is -0.381 e. The van der Waals surface area contributed by atoms with Gasteiger partial charge in [0, 0.05) is 33.2 Å². The van der Waals surface area contributed by atoms with Gasteiger partial charge < -0.3 is 15.4 Å². The van der Waals surface area contributed by atoms with Crippen LogP contribution in [-0.4, -0.2) is 44.2 Å². The van der Waals surface area contributed by atoms with Crippen LogP contribution in [0.15, 0.2) is 0 Å². The average molecular weight is 270 g/mol. The molecule has 1 fully saturated rings. The number of hydrogen-bond acceptors (Lipinski definition) is 3. The van der Waals surface area contributed by atoms with E-state index in [4.69, 9.17) is 10.5 Å². The molecule has 0 aromatic heterocycles. The van der Waals surface area contributed by atoms with Gasteiger partial charge in [-0.2, -0.15) is 0 Å². The molecule has 1 aliphatic rings. The Labute approximate surface area is 117 Å². The summed E-state index contributed by atoms with van der Waals surface area (Å²) in [7, 11) is 1.93. The van der Waals surface area contributed by atoms with Gasteiger partial charge in [0.2, 0.25) is 5.91 Å². The summed E-state index contributed by atoms with van der Waals surface area (Å²) in [5.41, 5.74) is 5.59. The first-order valence-corrected chi connectivity index (χ1v) is 7.69. The Hall–Kier alpha value is -0.610. The lowest BCUT2D eigenvalue weighted by Gasteiger charge is -2.27. The Bertz CT molecular complexity index is 253. The van der Waals surface area contributed by atoms with E-state index in [1.165, 1.54) is 0 Å². The molecule has 0 saturated carbocycles. The van der Waals surface area contributed by atoms with Gasteiger partial charge in [-0.25, -0.2) is 0 Å². The van der Waals surface area contributed by atoms with Crippen LogP contribution in [-0.2, 0) is 9.53 Å². The summed E-state index contributed by atoms with van der Waals surface area (Å²) in [6.45, 7) is 5.49. The smallest absolute Gasteiger partial charge is 0.222 e. The summed E-state index contributed by atoms with van der Waals surface area (Å²) in [6.07, 6.45) is 5.97. The van der Waals surface area contributed by atoms with Crippen LogP contribution in [0.4, 0.5) is 0 Å². The second-order valence-electron chi connectivity index (χ2n) is 5.72. The molecule has 1 unspecified atom stereocenters. The SMILES string of the molecule is CCC(CCN)CCC(=O)N(C)CC1CCOCC1. The predicted molar refractivity (Wildman–Crippen MR) is 77.9 cm³/mol. The fraction of sp³-hybridized carbons (Fsp3) is 0.933. The van der Waals surface area contributed by atoms with Gasteiger partial charge in [-0.05, 0) is 44.1 Å². The average Bonchev–Trinajstić information content (AvgIpc) is 2.44. The second-order valence-corrected chi connectivity index (χ2v) is 5.72. The van der Waals surface area contributed by atoms with E-state index in [0.717, 1.165) is 58.4 Å². The van der Waals surface area contributed by atoms with E-state index in [1.54, 1.807) is 0 Å². The van der Waals surface area contributed by atoms with E-state index < -0.39 is 0 Å². The van der Waals surface area contributed by atoms with Gasteiger partial charge in [0.05, 0.1) is 0 Å². The maximum absolute atomic E-state index is 12.1. The highest BCUT2D eigenvalue weighted by atomic mass is 16.5. The van der Waals surface area contributed by atoms with Crippen LogP contribution >= 0.6 is 0 Å². The highest BCUT2D eigenvalue weighted by Crippen LogP contribution is 2.18. The zero-order chi connectivity index (χ0) is 14.1. The molecule has 0 bridgehead atoms. The number of ether oxygens (including phenoxy) is 1. The topological polar surface area (TPSA) is 55.6 Å². The first-order valence-electron chi connectivity index (χ1n) is 7.69. The summed E-state index contributed by atoms with van der Waals surface area (Å²) in [6, 6.07) is 0. The molecule has 1 amide bonds. The van der Waals surface area contributed by atoms with Gasteiger partial charge in [0.1, 0.15) is 0 Å². The summed E-state index contributed by atoms with van der Waals surface area (Å²) in [5.74, 6) is 1.50. The zero-order valence-electron chi connectivity index (χ0n) is 12.6. The molecule has 1 aliphatic heterocycles. The minimum absolute atomic E-state index is 0.280. The molecule has 0 aromatic rings. The van der Waals surface area contributed by atoms with Crippen molar-refractivity contribution in [3.8, 4) is 0 Å². The Balaban J connectivity index is 2.23. The molecular weight excluding hydrogens is 240 g/mol. The van der Waals surface area contributed by atoms with E-state index in [0.29, 0.717) is 18.3 Å². The van der Waals surface area contributed by atoms with Crippen LogP contribution < -0.4 is 5.73 Å². The van der Waals surface area contributed by atoms with Crippen molar-refractivity contribution in [2.24, 2.45) is 17.6 Å². The van der Waals surface area contributed by atoms with Crippen molar-refractivity contribution >= 4 is 5.91 Å². The summed E-state index contributed by atoms with van der Waals surface area (Å²) in [4.78, 5) is 14.0. The van der Waals surface area contributed by atoms with Crippen LogP contribution in [0.5, 0.6) is 0 Å². The quantitative estimate of drug-likeness (QED) is 0.734. The van der Waals surface area contributed by atoms with Gasteiger partial charge in [0.25, 0.3) is 0 Å². The van der Waals surface area contributed by atoms with Gasteiger partial charge in [-0.15, -0.1) is 0 Å². The highest BCUT2D eigenvalue weighted by molar-refractivity contribution is 5.75. The van der Waals surface area contributed by atoms with E-state index in [2.05, 4.69) is 6.92 Å². The van der Waals surface area contributed by atoms with E-state index in [-0.39, 0.29) is 5.91 Å². The van der Waals surface area contributed by atoms with E-state index in [9.17, 15) is 4.79 Å². The molecule has 1 saturated heterocycles. The number of nitrogens with zero attached hydrogens (tertiary/aromatic N) is 1. The van der Waals surface area contributed by atoms with Crippen molar-refractivity contribution in [3.05, 3.63) is 0 Å². The van der Waals surface area contributed by atoms with E-state index in [1.807, 2.05) is 11.9 Å². The molecule has 2 N–H and O–H groups in total. The highest BCUT2D eigenvalue weighted by Gasteiger charge is 2.19. The lowest BCUT2D eigenvalue weighted by Crippen LogP contribution is -2.34. The molecule has 0 spiro atoms. The van der Waals surface area contributed by atoms with Crippen LogP contribution in [0, 0.1) is 11.8 Å². The third kappa shape index (κ3) is 6.39. The zero-order valence-corrected chi connectivity index (χ0v) is 12.6. The maximum atomic E-state index is 12.1. The van der Waals surface area contributed by atoms with Gasteiger partial charge in [-0.3, -0.25) is 4.79 Å². The van der Waals surface area contributed by atoms with E-state index >= 15 is 0 Å². The van der Waals surface area contributed by atoms with Crippen LogP contribution in [0.1, 0.15) is 45.4 Å². The van der Waals surface area contributed by atoms with Crippen LogP contribution in [0.2, 0.25) is 0 Å². The van der Waals surface area contributed by atoms with Crippen LogP contribution in [0.3, 0.4) is 0 Å². The molecule has 1 rings (SSSR count). The summed E-state index contributed by atoms with van der Waals surface area (Å²) < 4.78 is 5.35. The van der Waals surface area contributed by atoms with Crippen molar-refractivity contribution in [1.82, 2.24) is 4.90 Å². The minimum atomic E-state index is 0.280. The molecule has 1 atom stereocenters. The first-order chi connectivity index (χ1) is 9.17. The van der Waals surface area contributed by atoms with Gasteiger partial charge >= 0.3 is 0 Å². The normalized spacial score (nSPS) is 18.3. The maximum Gasteiger partial charge on any atom is 0.222 e. The predicted octanol–water partition coefficient (Wildman–Crippen LogP) is 2.03. The molecular formula is C15H30N2O2. The third-order valence-corrected chi connectivity index (χ3v) is 4.22. The Morgan fingerprint density at radius 1 is 1.37 bits per heavy atom. The number of nitrogens with two attached hydrogens (primary N) is 1. The third-order valence-electron chi connectivity index (χ3n) is 4.22. The Kier molecular flexibility index (Phi) is 8.07. The Morgan fingerprint density at radius 3 is 2.63 bits per heavy atom. The fourth-order valence-corrected chi connectivity index (χ4v) is 2.72. The molecule has 0 aromatic carbocycles. The standard InChI is InChI=1S/C15H30N2O2/c1-3-13(6-9-16)4-5-15(18)17(2)12-14-7-10-19-11-8-14/h13-14H,3-12,16H2,1-2H3. The largest absolute Gasteiger partial charge is 0.381 e. The van der Waals surface area contributed by atoms with Crippen molar-refractivity contribution < 1.29 is 9.53 Å². The number of carbonyl (C=O) groups excluding carboxylic acids is 1. The monoisotopic (exact) mass is 270 g/mol. The van der Waals surface area contributed by atoms with Crippen molar-refractivity contribution in [3.63, 3.8) is 0 Å². The summed E-state index contributed by atoms with van der Waals surface area (Å²) >= 11 is 0. The molecule has 4 heteroatoms.